The van der Waals surface area contributed by atoms with Gasteiger partial charge in [0.15, 0.2) is 0 Å². The zero-order valence-corrected chi connectivity index (χ0v) is 9.17. The molecule has 0 aromatic heterocycles. The van der Waals surface area contributed by atoms with E-state index in [1.54, 1.807) is 0 Å². The van der Waals surface area contributed by atoms with Crippen LogP contribution in [0.15, 0.2) is 0 Å². The van der Waals surface area contributed by atoms with E-state index in [2.05, 4.69) is 11.8 Å². The van der Waals surface area contributed by atoms with Crippen molar-refractivity contribution in [3.05, 3.63) is 0 Å². The molecule has 1 aliphatic rings. The fourth-order valence-corrected chi connectivity index (χ4v) is 2.85. The van der Waals surface area contributed by atoms with Crippen molar-refractivity contribution in [2.24, 2.45) is 0 Å². The van der Waals surface area contributed by atoms with Gasteiger partial charge in [-0.2, -0.15) is 0 Å². The van der Waals surface area contributed by atoms with Gasteiger partial charge in [0.25, 0.3) is 0 Å². The summed E-state index contributed by atoms with van der Waals surface area (Å²) < 4.78 is 11.3. The van der Waals surface area contributed by atoms with Crippen molar-refractivity contribution >= 4 is 9.28 Å². The van der Waals surface area contributed by atoms with E-state index in [0.717, 1.165) is 12.7 Å². The van der Waals surface area contributed by atoms with Crippen molar-refractivity contribution in [1.82, 2.24) is 4.90 Å². The Morgan fingerprint density at radius 1 is 1.42 bits per heavy atom. The van der Waals surface area contributed by atoms with Crippen molar-refractivity contribution in [1.29, 1.82) is 0 Å². The molecule has 0 aromatic carbocycles. The molecule has 1 rings (SSSR count). The van der Waals surface area contributed by atoms with Crippen LogP contribution in [0.3, 0.4) is 0 Å². The van der Waals surface area contributed by atoms with E-state index in [0.29, 0.717) is 0 Å². The third kappa shape index (κ3) is 3.22. The fraction of sp³-hybridized carbons (Fsp3) is 1.00. The van der Waals surface area contributed by atoms with E-state index in [9.17, 15) is 0 Å². The van der Waals surface area contributed by atoms with Crippen LogP contribution < -0.4 is 0 Å². The Kier molecular flexibility index (Phi) is 4.21. The lowest BCUT2D eigenvalue weighted by Gasteiger charge is -2.26. The Bertz CT molecular complexity index is 126. The summed E-state index contributed by atoms with van der Waals surface area (Å²) in [6.07, 6.45) is 2.67. The smallest absolute Gasteiger partial charge is 0.385 e. The maximum absolute atomic E-state index is 5.76. The van der Waals surface area contributed by atoms with Crippen LogP contribution in [0.2, 0.25) is 6.04 Å². The van der Waals surface area contributed by atoms with Gasteiger partial charge in [-0.1, -0.05) is 0 Å². The first kappa shape index (κ1) is 10.2. The molecule has 0 spiro atoms. The standard InChI is InChI=1S/C8H18NO2Si/c1-8(9(2)3)11-12-7-5-4-6-10-12/h8H,4-7H2,1-3H3. The molecule has 12 heavy (non-hydrogen) atoms. The minimum absolute atomic E-state index is 0.192. The molecule has 3 nitrogen and oxygen atoms in total. The molecule has 1 fully saturated rings. The van der Waals surface area contributed by atoms with Gasteiger partial charge in [-0.25, -0.2) is 0 Å². The van der Waals surface area contributed by atoms with Crippen molar-refractivity contribution in [2.45, 2.75) is 32.0 Å². The topological polar surface area (TPSA) is 21.7 Å². The zero-order chi connectivity index (χ0) is 8.97. The SMILES string of the molecule is CC(O[Si]1CCCCO1)N(C)C. The van der Waals surface area contributed by atoms with E-state index in [1.165, 1.54) is 12.8 Å². The molecule has 1 unspecified atom stereocenters. The van der Waals surface area contributed by atoms with Crippen molar-refractivity contribution in [3.63, 3.8) is 0 Å². The summed E-state index contributed by atoms with van der Waals surface area (Å²) in [4.78, 5) is 2.07. The Morgan fingerprint density at radius 3 is 2.67 bits per heavy atom. The average molecular weight is 188 g/mol. The van der Waals surface area contributed by atoms with Gasteiger partial charge < -0.3 is 8.85 Å². The lowest BCUT2D eigenvalue weighted by Crippen LogP contribution is -2.37. The Labute approximate surface area is 76.5 Å². The summed E-state index contributed by atoms with van der Waals surface area (Å²) in [5.74, 6) is 0. The molecule has 1 saturated heterocycles. The van der Waals surface area contributed by atoms with Gasteiger partial charge in [0, 0.05) is 6.61 Å². The van der Waals surface area contributed by atoms with Crippen LogP contribution in [0.5, 0.6) is 0 Å². The van der Waals surface area contributed by atoms with E-state index in [-0.39, 0.29) is 6.23 Å². The predicted molar refractivity (Wildman–Crippen MR) is 50.0 cm³/mol. The third-order valence-electron chi connectivity index (χ3n) is 2.07. The van der Waals surface area contributed by atoms with Crippen molar-refractivity contribution < 1.29 is 8.85 Å². The maximum atomic E-state index is 5.76. The van der Waals surface area contributed by atoms with Gasteiger partial charge >= 0.3 is 9.28 Å². The van der Waals surface area contributed by atoms with Crippen molar-refractivity contribution in [3.8, 4) is 0 Å². The second kappa shape index (κ2) is 4.96. The summed E-state index contributed by atoms with van der Waals surface area (Å²) >= 11 is 0. The molecule has 1 radical (unpaired) electrons. The molecule has 0 aromatic rings. The van der Waals surface area contributed by atoms with Gasteiger partial charge in [0.2, 0.25) is 0 Å². The largest absolute Gasteiger partial charge is 0.393 e. The minimum atomic E-state index is -0.934. The highest BCUT2D eigenvalue weighted by atomic mass is 28.3. The van der Waals surface area contributed by atoms with Crippen molar-refractivity contribution in [2.75, 3.05) is 20.7 Å². The molecule has 0 saturated carbocycles. The highest BCUT2D eigenvalue weighted by molar-refractivity contribution is 6.44. The molecular weight excluding hydrogens is 170 g/mol. The van der Waals surface area contributed by atoms with E-state index in [1.807, 2.05) is 14.1 Å². The normalized spacial score (nSPS) is 23.0. The second-order valence-electron chi connectivity index (χ2n) is 3.36. The molecule has 0 aliphatic carbocycles. The van der Waals surface area contributed by atoms with Crippen LogP contribution in [0.4, 0.5) is 0 Å². The molecule has 1 aliphatic heterocycles. The van der Waals surface area contributed by atoms with Gasteiger partial charge in [-0.05, 0) is 39.9 Å². The van der Waals surface area contributed by atoms with Gasteiger partial charge in [-0.15, -0.1) is 0 Å². The number of hydrogen-bond acceptors (Lipinski definition) is 3. The summed E-state index contributed by atoms with van der Waals surface area (Å²) in [5.41, 5.74) is 0. The van der Waals surface area contributed by atoms with Gasteiger partial charge in [0.1, 0.15) is 0 Å². The van der Waals surface area contributed by atoms with E-state index >= 15 is 0 Å². The molecule has 0 amide bonds. The van der Waals surface area contributed by atoms with Gasteiger partial charge in [0.05, 0.1) is 6.23 Å². The maximum Gasteiger partial charge on any atom is 0.385 e. The van der Waals surface area contributed by atoms with Crippen LogP contribution in [-0.2, 0) is 8.85 Å². The molecule has 1 atom stereocenters. The van der Waals surface area contributed by atoms with E-state index in [4.69, 9.17) is 8.85 Å². The molecule has 1 heterocycles. The lowest BCUT2D eigenvalue weighted by molar-refractivity contribution is 0.0440. The lowest BCUT2D eigenvalue weighted by atomic mass is 10.4. The Balaban J connectivity index is 2.20. The summed E-state index contributed by atoms with van der Waals surface area (Å²) in [6, 6.07) is 1.14. The fourth-order valence-electron chi connectivity index (χ4n) is 1.02. The molecule has 4 heteroatoms. The van der Waals surface area contributed by atoms with Crippen LogP contribution in [0.1, 0.15) is 19.8 Å². The number of nitrogens with zero attached hydrogens (tertiary/aromatic N) is 1. The summed E-state index contributed by atoms with van der Waals surface area (Å²) in [7, 11) is 3.11. The molecule has 0 bridgehead atoms. The van der Waals surface area contributed by atoms with Crippen LogP contribution in [0.25, 0.3) is 0 Å². The highest BCUT2D eigenvalue weighted by Gasteiger charge is 2.22. The number of hydrogen-bond donors (Lipinski definition) is 0. The minimum Gasteiger partial charge on any atom is -0.393 e. The first-order chi connectivity index (χ1) is 5.70. The first-order valence-electron chi connectivity index (χ1n) is 4.52. The van der Waals surface area contributed by atoms with Crippen LogP contribution in [-0.4, -0.2) is 41.1 Å². The van der Waals surface area contributed by atoms with Crippen LogP contribution in [0, 0.1) is 0 Å². The Hall–Kier alpha value is 0.0969. The molecule has 71 valence electrons. The van der Waals surface area contributed by atoms with Crippen LogP contribution >= 0.6 is 0 Å². The third-order valence-corrected chi connectivity index (χ3v) is 3.96. The highest BCUT2D eigenvalue weighted by Crippen LogP contribution is 2.13. The predicted octanol–water partition coefficient (Wildman–Crippen LogP) is 1.21. The number of rotatable bonds is 3. The summed E-state index contributed by atoms with van der Waals surface area (Å²) in [6.45, 7) is 2.96. The Morgan fingerprint density at radius 2 is 2.17 bits per heavy atom. The molecule has 0 N–H and O–H groups in total. The monoisotopic (exact) mass is 188 g/mol. The summed E-state index contributed by atoms with van der Waals surface area (Å²) in [5, 5.41) is 0. The van der Waals surface area contributed by atoms with Gasteiger partial charge in [-0.3, -0.25) is 4.90 Å². The second-order valence-corrected chi connectivity index (χ2v) is 5.13. The zero-order valence-electron chi connectivity index (χ0n) is 8.17. The van der Waals surface area contributed by atoms with E-state index < -0.39 is 9.28 Å². The molecular formula is C8H18NO2Si. The average Bonchev–Trinajstić information content (AvgIpc) is 2.06. The first-order valence-corrected chi connectivity index (χ1v) is 6.04. The quantitative estimate of drug-likeness (QED) is 0.491.